The van der Waals surface area contributed by atoms with Crippen LogP contribution in [0, 0.1) is 5.82 Å². The van der Waals surface area contributed by atoms with Crippen LogP contribution in [0.2, 0.25) is 0 Å². The predicted molar refractivity (Wildman–Crippen MR) is 128 cm³/mol. The van der Waals surface area contributed by atoms with Crippen LogP contribution in [-0.4, -0.2) is 23.3 Å². The Morgan fingerprint density at radius 1 is 1.16 bits per heavy atom. The summed E-state index contributed by atoms with van der Waals surface area (Å²) >= 11 is 6.75. The van der Waals surface area contributed by atoms with E-state index in [-0.39, 0.29) is 10.9 Å². The summed E-state index contributed by atoms with van der Waals surface area (Å²) in [7, 11) is -3.58. The van der Waals surface area contributed by atoms with Crippen molar-refractivity contribution in [1.82, 2.24) is 10.3 Å². The van der Waals surface area contributed by atoms with Crippen molar-refractivity contribution in [3.8, 4) is 0 Å². The summed E-state index contributed by atoms with van der Waals surface area (Å²) in [6, 6.07) is 13.7. The molecule has 0 aliphatic heterocycles. The van der Waals surface area contributed by atoms with E-state index < -0.39 is 13.4 Å². The number of hydrogen-bond donors (Lipinski definition) is 2. The van der Waals surface area contributed by atoms with Gasteiger partial charge in [0.25, 0.3) is 0 Å². The third-order valence-electron chi connectivity index (χ3n) is 4.22. The highest BCUT2D eigenvalue weighted by Crippen LogP contribution is 2.59. The van der Waals surface area contributed by atoms with Crippen molar-refractivity contribution in [2.45, 2.75) is 32.5 Å². The molecule has 1 aromatic heterocycles. The van der Waals surface area contributed by atoms with Gasteiger partial charge in [0.05, 0.1) is 23.4 Å². The zero-order valence-corrected chi connectivity index (χ0v) is 19.9. The number of aromatic nitrogens is 1. The molecule has 0 radical (unpaired) electrons. The van der Waals surface area contributed by atoms with Gasteiger partial charge in [-0.3, -0.25) is 4.57 Å². The number of thiocarbonyl (C=S) groups is 1. The maximum atomic E-state index is 13.7. The first kappa shape index (κ1) is 23.8. The summed E-state index contributed by atoms with van der Waals surface area (Å²) in [6.45, 7) is 4.49. The number of benzene rings is 2. The molecule has 0 aliphatic rings. The van der Waals surface area contributed by atoms with Crippen LogP contribution in [-0.2, 0) is 13.6 Å². The topological polar surface area (TPSA) is 72.5 Å². The quantitative estimate of drug-likeness (QED) is 0.254. The van der Waals surface area contributed by atoms with Crippen LogP contribution in [0.1, 0.15) is 38.0 Å². The highest BCUT2D eigenvalue weighted by atomic mass is 32.1. The number of nitrogens with zero attached hydrogens (tertiary/aromatic N) is 1. The van der Waals surface area contributed by atoms with Gasteiger partial charge in [-0.15, -0.1) is 0 Å². The standard InChI is InChI=1S/C21H25FN3O3PS2/c1-3-12-27-29(26,28-13-4-2)19(15-8-6-5-7-9-15)24-20(30)25-21-23-17-11-10-16(22)14-18(17)31-21/h5-11,14,19H,3-4,12-13H2,1-2H3,(H2,23,24,25,30). The molecule has 31 heavy (non-hydrogen) atoms. The summed E-state index contributed by atoms with van der Waals surface area (Å²) in [5.41, 5.74) is 1.40. The fourth-order valence-corrected chi connectivity index (χ4v) is 6.15. The molecule has 1 unspecified atom stereocenters. The van der Waals surface area contributed by atoms with Crippen LogP contribution in [0.3, 0.4) is 0 Å². The first-order valence-electron chi connectivity index (χ1n) is 10.0. The van der Waals surface area contributed by atoms with Crippen LogP contribution < -0.4 is 10.6 Å². The summed E-state index contributed by atoms with van der Waals surface area (Å²) < 4.78 is 39.4. The van der Waals surface area contributed by atoms with Gasteiger partial charge < -0.3 is 19.7 Å². The van der Waals surface area contributed by atoms with E-state index >= 15 is 0 Å². The van der Waals surface area contributed by atoms with Gasteiger partial charge in [0.1, 0.15) is 5.82 Å². The summed E-state index contributed by atoms with van der Waals surface area (Å²) in [5.74, 6) is -1.12. The molecule has 1 heterocycles. The zero-order chi connectivity index (χ0) is 22.3. The van der Waals surface area contributed by atoms with Gasteiger partial charge in [-0.2, -0.15) is 0 Å². The first-order valence-corrected chi connectivity index (χ1v) is 12.9. The van der Waals surface area contributed by atoms with Gasteiger partial charge in [-0.05, 0) is 48.8 Å². The molecule has 10 heteroatoms. The molecule has 0 aliphatic carbocycles. The van der Waals surface area contributed by atoms with Crippen LogP contribution in [0.5, 0.6) is 0 Å². The maximum Gasteiger partial charge on any atom is 0.357 e. The molecule has 3 aromatic rings. The number of fused-ring (bicyclic) bond motifs is 1. The lowest BCUT2D eigenvalue weighted by Crippen LogP contribution is -2.33. The van der Waals surface area contributed by atoms with E-state index in [4.69, 9.17) is 21.3 Å². The van der Waals surface area contributed by atoms with Gasteiger partial charge in [-0.25, -0.2) is 9.37 Å². The molecule has 2 aromatic carbocycles. The number of anilines is 1. The fraction of sp³-hybridized carbons (Fsp3) is 0.333. The third-order valence-corrected chi connectivity index (χ3v) is 7.52. The van der Waals surface area contributed by atoms with Crippen molar-refractivity contribution in [1.29, 1.82) is 0 Å². The van der Waals surface area contributed by atoms with E-state index in [2.05, 4.69) is 15.6 Å². The second kappa shape index (κ2) is 11.1. The Hall–Kier alpha value is -1.90. The summed E-state index contributed by atoms with van der Waals surface area (Å²) in [4.78, 5) is 4.42. The SMILES string of the molecule is CCCOP(=O)(OCCC)C(NC(=S)Nc1nc2ccc(F)cc2s1)c1ccccc1. The normalized spacial score (nSPS) is 12.6. The largest absolute Gasteiger partial charge is 0.357 e. The van der Waals surface area contributed by atoms with Crippen molar-refractivity contribution >= 4 is 51.6 Å². The Balaban J connectivity index is 1.84. The molecule has 2 N–H and O–H groups in total. The summed E-state index contributed by atoms with van der Waals surface area (Å²) in [6.07, 6.45) is 1.40. The minimum absolute atomic E-state index is 0.216. The summed E-state index contributed by atoms with van der Waals surface area (Å²) in [5, 5.41) is 6.82. The minimum Gasteiger partial charge on any atom is -0.345 e. The molecule has 1 atom stereocenters. The molecule has 0 fully saturated rings. The van der Waals surface area contributed by atoms with Gasteiger partial charge in [0, 0.05) is 0 Å². The first-order chi connectivity index (χ1) is 14.9. The van der Waals surface area contributed by atoms with E-state index in [0.29, 0.717) is 41.4 Å². The lowest BCUT2D eigenvalue weighted by Gasteiger charge is -2.28. The molecule has 3 rings (SSSR count). The Morgan fingerprint density at radius 2 is 1.84 bits per heavy atom. The highest BCUT2D eigenvalue weighted by molar-refractivity contribution is 7.80. The third kappa shape index (κ3) is 6.30. The second-order valence-electron chi connectivity index (χ2n) is 6.75. The Bertz CT molecular complexity index is 1050. The van der Waals surface area contributed by atoms with Crippen LogP contribution in [0.15, 0.2) is 48.5 Å². The molecule has 0 saturated carbocycles. The van der Waals surface area contributed by atoms with Gasteiger partial charge >= 0.3 is 7.60 Å². The Morgan fingerprint density at radius 3 is 2.48 bits per heavy atom. The molecule has 0 bridgehead atoms. The van der Waals surface area contributed by atoms with Crippen LogP contribution in [0.4, 0.5) is 9.52 Å². The van der Waals surface area contributed by atoms with Crippen molar-refractivity contribution in [3.05, 3.63) is 59.9 Å². The minimum atomic E-state index is -3.58. The molecule has 166 valence electrons. The Kier molecular flexibility index (Phi) is 8.51. The molecular weight excluding hydrogens is 456 g/mol. The van der Waals surface area contributed by atoms with Crippen LogP contribution >= 0.6 is 31.2 Å². The number of hydrogen-bond acceptors (Lipinski definition) is 6. The van der Waals surface area contributed by atoms with E-state index in [9.17, 15) is 8.96 Å². The average molecular weight is 482 g/mol. The number of halogens is 1. The molecule has 6 nitrogen and oxygen atoms in total. The molecule has 0 saturated heterocycles. The number of rotatable bonds is 10. The predicted octanol–water partition coefficient (Wildman–Crippen LogP) is 6.47. The highest BCUT2D eigenvalue weighted by Gasteiger charge is 2.38. The van der Waals surface area contributed by atoms with E-state index in [1.807, 2.05) is 44.2 Å². The number of nitrogens with one attached hydrogen (secondary N) is 2. The van der Waals surface area contributed by atoms with Crippen LogP contribution in [0.25, 0.3) is 10.2 Å². The van der Waals surface area contributed by atoms with Gasteiger partial charge in [-0.1, -0.05) is 55.5 Å². The van der Waals surface area contributed by atoms with E-state index in [1.165, 1.54) is 23.5 Å². The second-order valence-corrected chi connectivity index (χ2v) is 10.3. The van der Waals surface area contributed by atoms with Gasteiger partial charge in [0.2, 0.25) is 0 Å². The monoisotopic (exact) mass is 481 g/mol. The smallest absolute Gasteiger partial charge is 0.345 e. The van der Waals surface area contributed by atoms with Gasteiger partial charge in [0.15, 0.2) is 16.0 Å². The maximum absolute atomic E-state index is 13.7. The molecule has 0 amide bonds. The van der Waals surface area contributed by atoms with Crippen molar-refractivity contribution in [2.24, 2.45) is 0 Å². The van der Waals surface area contributed by atoms with Crippen molar-refractivity contribution in [2.75, 3.05) is 18.5 Å². The molecular formula is C21H25FN3O3PS2. The lowest BCUT2D eigenvalue weighted by molar-refractivity contribution is 0.195. The average Bonchev–Trinajstić information content (AvgIpc) is 3.16. The van der Waals surface area contributed by atoms with Crippen molar-refractivity contribution < 1.29 is 18.0 Å². The molecule has 0 spiro atoms. The number of thiazole rings is 1. The lowest BCUT2D eigenvalue weighted by atomic mass is 10.2. The zero-order valence-electron chi connectivity index (χ0n) is 17.3. The Labute approximate surface area is 190 Å². The fourth-order valence-electron chi connectivity index (χ4n) is 2.81. The van der Waals surface area contributed by atoms with Crippen molar-refractivity contribution in [3.63, 3.8) is 0 Å². The van der Waals surface area contributed by atoms with E-state index in [0.717, 1.165) is 5.56 Å². The van der Waals surface area contributed by atoms with E-state index in [1.54, 1.807) is 6.07 Å².